The van der Waals surface area contributed by atoms with Crippen molar-refractivity contribution in [3.63, 3.8) is 0 Å². The van der Waals surface area contributed by atoms with Gasteiger partial charge < -0.3 is 14.8 Å². The minimum atomic E-state index is -0.363. The summed E-state index contributed by atoms with van der Waals surface area (Å²) in [6.45, 7) is 7.56. The Bertz CT molecular complexity index is 1030. The predicted octanol–water partition coefficient (Wildman–Crippen LogP) is 4.22. The van der Waals surface area contributed by atoms with Crippen LogP contribution in [0.5, 0.6) is 0 Å². The number of nitrogens with one attached hydrogen (secondary N) is 1. The molecule has 8 heteroatoms. The smallest absolute Gasteiger partial charge is 0.341 e. The zero-order chi connectivity index (χ0) is 21.8. The average molecular weight is 441 g/mol. The Labute approximate surface area is 186 Å². The van der Waals surface area contributed by atoms with E-state index < -0.39 is 0 Å². The van der Waals surface area contributed by atoms with Gasteiger partial charge in [0.2, 0.25) is 5.13 Å². The fourth-order valence-electron chi connectivity index (χ4n) is 3.84. The average Bonchev–Trinajstić information content (AvgIpc) is 3.39. The normalized spacial score (nSPS) is 18.1. The van der Waals surface area contributed by atoms with Gasteiger partial charge in [0.05, 0.1) is 29.8 Å². The molecule has 1 aromatic carbocycles. The SMILES string of the molecule is CCOC(=O)c1cnn(-c2nc(-c3ccccc3)cs2)c1CNC1CCOC(C)(C)C1. The summed E-state index contributed by atoms with van der Waals surface area (Å²) in [6, 6.07) is 10.3. The maximum absolute atomic E-state index is 12.6. The summed E-state index contributed by atoms with van der Waals surface area (Å²) in [4.78, 5) is 17.3. The number of carbonyl (C=O) groups is 1. The predicted molar refractivity (Wildman–Crippen MR) is 121 cm³/mol. The summed E-state index contributed by atoms with van der Waals surface area (Å²) in [5, 5.41) is 10.8. The Balaban J connectivity index is 1.61. The second kappa shape index (κ2) is 9.30. The van der Waals surface area contributed by atoms with E-state index in [1.54, 1.807) is 17.8 Å². The molecule has 3 heterocycles. The van der Waals surface area contributed by atoms with E-state index >= 15 is 0 Å². The van der Waals surface area contributed by atoms with Crippen LogP contribution in [0.2, 0.25) is 0 Å². The summed E-state index contributed by atoms with van der Waals surface area (Å²) >= 11 is 1.50. The van der Waals surface area contributed by atoms with Crippen LogP contribution in [0.15, 0.2) is 41.9 Å². The van der Waals surface area contributed by atoms with Gasteiger partial charge in [-0.3, -0.25) is 0 Å². The van der Waals surface area contributed by atoms with Crippen molar-refractivity contribution in [2.24, 2.45) is 0 Å². The lowest BCUT2D eigenvalue weighted by molar-refractivity contribution is -0.0631. The number of esters is 1. The Morgan fingerprint density at radius 1 is 1.35 bits per heavy atom. The van der Waals surface area contributed by atoms with Crippen molar-refractivity contribution in [3.05, 3.63) is 53.2 Å². The Morgan fingerprint density at radius 3 is 2.90 bits per heavy atom. The van der Waals surface area contributed by atoms with E-state index in [1.807, 2.05) is 35.7 Å². The minimum Gasteiger partial charge on any atom is -0.462 e. The highest BCUT2D eigenvalue weighted by Gasteiger charge is 2.29. The molecule has 0 aliphatic carbocycles. The summed E-state index contributed by atoms with van der Waals surface area (Å²) in [6.07, 6.45) is 3.42. The number of aromatic nitrogens is 3. The molecule has 31 heavy (non-hydrogen) atoms. The molecule has 0 radical (unpaired) electrons. The maximum Gasteiger partial charge on any atom is 0.341 e. The summed E-state index contributed by atoms with van der Waals surface area (Å²) in [5.41, 5.74) is 3.01. The summed E-state index contributed by atoms with van der Waals surface area (Å²) in [5.74, 6) is -0.363. The van der Waals surface area contributed by atoms with E-state index in [9.17, 15) is 4.79 Å². The second-order valence-corrected chi connectivity index (χ2v) is 9.03. The van der Waals surface area contributed by atoms with E-state index in [-0.39, 0.29) is 11.6 Å². The molecule has 3 aromatic rings. The standard InChI is InChI=1S/C23H28N4O3S/c1-4-29-21(28)18-13-25-27(20(18)14-24-17-10-11-30-23(2,3)12-17)22-26-19(15-31-22)16-8-6-5-7-9-16/h5-9,13,15,17,24H,4,10-12,14H2,1-3H3. The molecule has 1 atom stereocenters. The van der Waals surface area contributed by atoms with E-state index in [1.165, 1.54) is 11.3 Å². The van der Waals surface area contributed by atoms with Crippen molar-refractivity contribution >= 4 is 17.3 Å². The zero-order valence-corrected chi connectivity index (χ0v) is 18.9. The third kappa shape index (κ3) is 5.03. The molecule has 0 amide bonds. The van der Waals surface area contributed by atoms with Gasteiger partial charge in [0.1, 0.15) is 5.56 Å². The van der Waals surface area contributed by atoms with Gasteiger partial charge in [0, 0.05) is 30.1 Å². The first kappa shape index (κ1) is 21.7. The van der Waals surface area contributed by atoms with Crippen molar-refractivity contribution in [2.45, 2.75) is 51.8 Å². The molecule has 1 aliphatic heterocycles. The first-order valence-corrected chi connectivity index (χ1v) is 11.5. The highest BCUT2D eigenvalue weighted by atomic mass is 32.1. The topological polar surface area (TPSA) is 78.3 Å². The van der Waals surface area contributed by atoms with Crippen LogP contribution in [0.4, 0.5) is 0 Å². The number of hydrogen-bond donors (Lipinski definition) is 1. The minimum absolute atomic E-state index is 0.153. The first-order chi connectivity index (χ1) is 15.0. The van der Waals surface area contributed by atoms with Crippen molar-refractivity contribution < 1.29 is 14.3 Å². The van der Waals surface area contributed by atoms with Crippen LogP contribution in [0.3, 0.4) is 0 Å². The van der Waals surface area contributed by atoms with Gasteiger partial charge in [0.15, 0.2) is 0 Å². The quantitative estimate of drug-likeness (QED) is 0.554. The van der Waals surface area contributed by atoms with Gasteiger partial charge >= 0.3 is 5.97 Å². The summed E-state index contributed by atoms with van der Waals surface area (Å²) in [7, 11) is 0. The number of rotatable bonds is 7. The van der Waals surface area contributed by atoms with Gasteiger partial charge in [0.25, 0.3) is 0 Å². The number of carbonyl (C=O) groups excluding carboxylic acids is 1. The molecule has 2 aromatic heterocycles. The van der Waals surface area contributed by atoms with Gasteiger partial charge in [-0.25, -0.2) is 14.5 Å². The van der Waals surface area contributed by atoms with Crippen LogP contribution in [0, 0.1) is 0 Å². The van der Waals surface area contributed by atoms with E-state index in [2.05, 4.69) is 24.3 Å². The molecule has 0 spiro atoms. The highest BCUT2D eigenvalue weighted by Crippen LogP contribution is 2.27. The summed E-state index contributed by atoms with van der Waals surface area (Å²) < 4.78 is 12.8. The van der Waals surface area contributed by atoms with Crippen molar-refractivity contribution in [3.8, 4) is 16.4 Å². The van der Waals surface area contributed by atoms with Gasteiger partial charge in [-0.15, -0.1) is 11.3 Å². The molecule has 1 N–H and O–H groups in total. The van der Waals surface area contributed by atoms with Crippen LogP contribution >= 0.6 is 11.3 Å². The molecule has 0 saturated carbocycles. The first-order valence-electron chi connectivity index (χ1n) is 10.6. The maximum atomic E-state index is 12.6. The van der Waals surface area contributed by atoms with Crippen LogP contribution in [-0.2, 0) is 16.0 Å². The van der Waals surface area contributed by atoms with E-state index in [0.29, 0.717) is 24.8 Å². The Morgan fingerprint density at radius 2 is 2.16 bits per heavy atom. The third-order valence-corrected chi connectivity index (χ3v) is 6.18. The molecule has 1 aliphatic rings. The van der Waals surface area contributed by atoms with Gasteiger partial charge in [-0.05, 0) is 33.6 Å². The largest absolute Gasteiger partial charge is 0.462 e. The van der Waals surface area contributed by atoms with Crippen LogP contribution in [-0.4, -0.2) is 45.6 Å². The molecule has 0 bridgehead atoms. The molecule has 1 saturated heterocycles. The molecule has 4 rings (SSSR count). The molecule has 1 fully saturated rings. The van der Waals surface area contributed by atoms with Crippen LogP contribution < -0.4 is 5.32 Å². The van der Waals surface area contributed by atoms with Crippen molar-refractivity contribution in [1.29, 1.82) is 0 Å². The number of nitrogens with zero attached hydrogens (tertiary/aromatic N) is 3. The van der Waals surface area contributed by atoms with Crippen LogP contribution in [0.25, 0.3) is 16.4 Å². The van der Waals surface area contributed by atoms with Crippen molar-refractivity contribution in [2.75, 3.05) is 13.2 Å². The molecular formula is C23H28N4O3S. The molecular weight excluding hydrogens is 412 g/mol. The van der Waals surface area contributed by atoms with E-state index in [0.717, 1.165) is 41.5 Å². The number of benzene rings is 1. The van der Waals surface area contributed by atoms with Crippen molar-refractivity contribution in [1.82, 2.24) is 20.1 Å². The third-order valence-electron chi connectivity index (χ3n) is 5.36. The molecule has 1 unspecified atom stereocenters. The number of ether oxygens (including phenoxy) is 2. The number of thiazole rings is 1. The Hall–Kier alpha value is -2.55. The monoisotopic (exact) mass is 440 g/mol. The lowest BCUT2D eigenvalue weighted by atomic mass is 9.94. The fraction of sp³-hybridized carbons (Fsp3) is 0.435. The Kier molecular flexibility index (Phi) is 6.50. The molecule has 164 valence electrons. The molecule has 7 nitrogen and oxygen atoms in total. The van der Waals surface area contributed by atoms with E-state index in [4.69, 9.17) is 14.5 Å². The fourth-order valence-corrected chi connectivity index (χ4v) is 4.65. The van der Waals surface area contributed by atoms with Gasteiger partial charge in [-0.1, -0.05) is 30.3 Å². The lowest BCUT2D eigenvalue weighted by Crippen LogP contribution is -2.43. The van der Waals surface area contributed by atoms with Gasteiger partial charge in [-0.2, -0.15) is 5.10 Å². The lowest BCUT2D eigenvalue weighted by Gasteiger charge is -2.36. The zero-order valence-electron chi connectivity index (χ0n) is 18.1. The second-order valence-electron chi connectivity index (χ2n) is 8.20. The number of hydrogen-bond acceptors (Lipinski definition) is 7. The van der Waals surface area contributed by atoms with Crippen LogP contribution in [0.1, 0.15) is 49.7 Å². The highest BCUT2D eigenvalue weighted by molar-refractivity contribution is 7.12.